The van der Waals surface area contributed by atoms with Gasteiger partial charge >= 0.3 is 6.03 Å². The molecule has 2 aromatic rings. The van der Waals surface area contributed by atoms with Crippen LogP contribution >= 0.6 is 0 Å². The molecule has 1 aliphatic rings. The maximum absolute atomic E-state index is 12.5. The summed E-state index contributed by atoms with van der Waals surface area (Å²) in [6.07, 6.45) is 3.51. The van der Waals surface area contributed by atoms with E-state index in [0.29, 0.717) is 11.7 Å². The van der Waals surface area contributed by atoms with Crippen LogP contribution < -0.4 is 5.32 Å². The molecule has 1 aliphatic heterocycles. The van der Waals surface area contributed by atoms with E-state index in [9.17, 15) is 4.79 Å². The van der Waals surface area contributed by atoms with Crippen molar-refractivity contribution in [2.24, 2.45) is 5.92 Å². The van der Waals surface area contributed by atoms with Crippen molar-refractivity contribution in [1.82, 2.24) is 19.9 Å². The van der Waals surface area contributed by atoms with Gasteiger partial charge in [0, 0.05) is 30.9 Å². The predicted molar refractivity (Wildman–Crippen MR) is 96.2 cm³/mol. The molecule has 0 radical (unpaired) electrons. The third kappa shape index (κ3) is 4.57. The number of benzene rings is 1. The lowest BCUT2D eigenvalue weighted by atomic mass is 10.1. The molecular weight excluding hydrogens is 318 g/mol. The van der Waals surface area contributed by atoms with Crippen molar-refractivity contribution in [3.8, 4) is 11.4 Å². The molecule has 2 heterocycles. The SMILES string of the molecule is CCCN(C)C[C@H]1CCN(C(=O)Nc2cccc(-c3ncon3)c2)C1. The van der Waals surface area contributed by atoms with Crippen molar-refractivity contribution in [3.63, 3.8) is 0 Å². The molecular formula is C18H25N5O2. The van der Waals surface area contributed by atoms with Gasteiger partial charge in [-0.1, -0.05) is 24.2 Å². The fourth-order valence-corrected chi connectivity index (χ4v) is 3.32. The van der Waals surface area contributed by atoms with Crippen LogP contribution in [0.5, 0.6) is 0 Å². The first kappa shape index (κ1) is 17.4. The third-order valence-electron chi connectivity index (χ3n) is 4.48. The smallest absolute Gasteiger partial charge is 0.321 e. The lowest BCUT2D eigenvalue weighted by molar-refractivity contribution is 0.217. The number of hydrogen-bond donors (Lipinski definition) is 1. The molecule has 134 valence electrons. The van der Waals surface area contributed by atoms with Crippen molar-refractivity contribution < 1.29 is 9.32 Å². The van der Waals surface area contributed by atoms with Crippen LogP contribution in [0.15, 0.2) is 35.2 Å². The largest absolute Gasteiger partial charge is 0.342 e. The zero-order valence-corrected chi connectivity index (χ0v) is 14.8. The van der Waals surface area contributed by atoms with E-state index in [1.807, 2.05) is 29.2 Å². The van der Waals surface area contributed by atoms with Gasteiger partial charge in [0.2, 0.25) is 12.2 Å². The third-order valence-corrected chi connectivity index (χ3v) is 4.48. The summed E-state index contributed by atoms with van der Waals surface area (Å²) in [5, 5.41) is 6.80. The summed E-state index contributed by atoms with van der Waals surface area (Å²) in [6.45, 7) is 5.95. The van der Waals surface area contributed by atoms with Gasteiger partial charge in [0.25, 0.3) is 0 Å². The molecule has 1 aromatic heterocycles. The Bertz CT molecular complexity index is 689. The van der Waals surface area contributed by atoms with Crippen molar-refractivity contribution in [2.45, 2.75) is 19.8 Å². The number of amides is 2. The van der Waals surface area contributed by atoms with Crippen molar-refractivity contribution in [2.75, 3.05) is 38.5 Å². The van der Waals surface area contributed by atoms with Gasteiger partial charge in [-0.3, -0.25) is 0 Å². The Kier molecular flexibility index (Phi) is 5.65. The minimum absolute atomic E-state index is 0.0501. The van der Waals surface area contributed by atoms with Crippen LogP contribution in [0.2, 0.25) is 0 Å². The topological polar surface area (TPSA) is 74.5 Å². The Balaban J connectivity index is 1.55. The predicted octanol–water partition coefficient (Wildman–Crippen LogP) is 2.93. The van der Waals surface area contributed by atoms with Crippen LogP contribution in [-0.2, 0) is 0 Å². The summed E-state index contributed by atoms with van der Waals surface area (Å²) in [5.74, 6) is 1.06. The molecule has 2 amide bonds. The normalized spacial score (nSPS) is 17.2. The van der Waals surface area contributed by atoms with E-state index in [0.717, 1.165) is 50.3 Å². The molecule has 1 fully saturated rings. The summed E-state index contributed by atoms with van der Waals surface area (Å²) in [5.41, 5.74) is 1.55. The number of rotatable bonds is 6. The van der Waals surface area contributed by atoms with Crippen molar-refractivity contribution in [1.29, 1.82) is 0 Å². The van der Waals surface area contributed by atoms with Crippen LogP contribution in [0.1, 0.15) is 19.8 Å². The fourth-order valence-electron chi connectivity index (χ4n) is 3.32. The number of carbonyl (C=O) groups excluding carboxylic acids is 1. The minimum Gasteiger partial charge on any atom is -0.342 e. The van der Waals surface area contributed by atoms with Crippen LogP contribution in [0.25, 0.3) is 11.4 Å². The molecule has 1 aromatic carbocycles. The summed E-state index contributed by atoms with van der Waals surface area (Å²) in [4.78, 5) is 20.8. The maximum atomic E-state index is 12.5. The zero-order chi connectivity index (χ0) is 17.6. The van der Waals surface area contributed by atoms with Gasteiger partial charge < -0.3 is 19.6 Å². The Labute approximate surface area is 148 Å². The van der Waals surface area contributed by atoms with E-state index in [2.05, 4.69) is 34.3 Å². The average molecular weight is 343 g/mol. The molecule has 0 aliphatic carbocycles. The summed E-state index contributed by atoms with van der Waals surface area (Å²) >= 11 is 0. The number of aromatic nitrogens is 2. The number of nitrogens with zero attached hydrogens (tertiary/aromatic N) is 4. The Hall–Kier alpha value is -2.41. The summed E-state index contributed by atoms with van der Waals surface area (Å²) in [7, 11) is 2.15. The molecule has 1 N–H and O–H groups in total. The summed E-state index contributed by atoms with van der Waals surface area (Å²) < 4.78 is 4.77. The van der Waals surface area contributed by atoms with E-state index in [1.54, 1.807) is 0 Å². The highest BCUT2D eigenvalue weighted by Gasteiger charge is 2.27. The lowest BCUT2D eigenvalue weighted by Gasteiger charge is -2.21. The molecule has 0 bridgehead atoms. The Morgan fingerprint density at radius 1 is 1.48 bits per heavy atom. The molecule has 7 nitrogen and oxygen atoms in total. The number of nitrogens with one attached hydrogen (secondary N) is 1. The number of likely N-dealkylation sites (tertiary alicyclic amines) is 1. The molecule has 0 unspecified atom stereocenters. The standard InChI is InChI=1S/C18H25N5O2/c1-3-8-22(2)11-14-7-9-23(12-14)18(24)20-16-6-4-5-15(10-16)17-19-13-25-21-17/h4-6,10,13-14H,3,7-9,11-12H2,1-2H3,(H,20,24)/t14-/m1/s1. The molecule has 0 saturated carbocycles. The molecule has 3 rings (SSSR count). The van der Waals surface area contributed by atoms with Crippen LogP contribution in [0.3, 0.4) is 0 Å². The molecule has 0 spiro atoms. The van der Waals surface area contributed by atoms with E-state index < -0.39 is 0 Å². The number of anilines is 1. The van der Waals surface area contributed by atoms with E-state index in [1.165, 1.54) is 6.39 Å². The molecule has 25 heavy (non-hydrogen) atoms. The Morgan fingerprint density at radius 3 is 3.12 bits per heavy atom. The summed E-state index contributed by atoms with van der Waals surface area (Å²) in [6, 6.07) is 7.42. The van der Waals surface area contributed by atoms with Gasteiger partial charge in [-0.25, -0.2) is 4.79 Å². The highest BCUT2D eigenvalue weighted by molar-refractivity contribution is 5.90. The van der Waals surface area contributed by atoms with Gasteiger partial charge in [0.05, 0.1) is 0 Å². The number of hydrogen-bond acceptors (Lipinski definition) is 5. The van der Waals surface area contributed by atoms with Crippen molar-refractivity contribution in [3.05, 3.63) is 30.7 Å². The Morgan fingerprint density at radius 2 is 2.36 bits per heavy atom. The monoisotopic (exact) mass is 343 g/mol. The minimum atomic E-state index is -0.0501. The van der Waals surface area contributed by atoms with Gasteiger partial charge in [-0.2, -0.15) is 4.98 Å². The molecule has 1 atom stereocenters. The number of urea groups is 1. The van der Waals surface area contributed by atoms with Gasteiger partial charge in [0.15, 0.2) is 0 Å². The first-order valence-corrected chi connectivity index (χ1v) is 8.77. The maximum Gasteiger partial charge on any atom is 0.321 e. The van der Waals surface area contributed by atoms with Crippen LogP contribution in [-0.4, -0.2) is 59.2 Å². The second kappa shape index (κ2) is 8.11. The fraction of sp³-hybridized carbons (Fsp3) is 0.500. The van der Waals surface area contributed by atoms with Gasteiger partial charge in [-0.15, -0.1) is 0 Å². The number of carbonyl (C=O) groups is 1. The van der Waals surface area contributed by atoms with E-state index in [-0.39, 0.29) is 6.03 Å². The molecule has 1 saturated heterocycles. The second-order valence-electron chi connectivity index (χ2n) is 6.63. The average Bonchev–Trinajstić information content (AvgIpc) is 3.27. The highest BCUT2D eigenvalue weighted by atomic mass is 16.5. The van der Waals surface area contributed by atoms with Crippen LogP contribution in [0, 0.1) is 5.92 Å². The van der Waals surface area contributed by atoms with E-state index >= 15 is 0 Å². The van der Waals surface area contributed by atoms with Gasteiger partial charge in [-0.05, 0) is 44.5 Å². The van der Waals surface area contributed by atoms with E-state index in [4.69, 9.17) is 4.52 Å². The molecule has 7 heteroatoms. The zero-order valence-electron chi connectivity index (χ0n) is 14.8. The lowest BCUT2D eigenvalue weighted by Crippen LogP contribution is -2.34. The first-order valence-electron chi connectivity index (χ1n) is 8.77. The van der Waals surface area contributed by atoms with Crippen molar-refractivity contribution >= 4 is 11.7 Å². The second-order valence-corrected chi connectivity index (χ2v) is 6.63. The first-order chi connectivity index (χ1) is 12.2. The van der Waals surface area contributed by atoms with Gasteiger partial charge in [0.1, 0.15) is 0 Å². The quantitative estimate of drug-likeness (QED) is 0.873. The van der Waals surface area contributed by atoms with Crippen LogP contribution in [0.4, 0.5) is 10.5 Å². The highest BCUT2D eigenvalue weighted by Crippen LogP contribution is 2.21.